The zero-order chi connectivity index (χ0) is 14.6. The van der Waals surface area contributed by atoms with E-state index in [1.165, 1.54) is 0 Å². The Morgan fingerprint density at radius 1 is 1.21 bits per heavy atom. The summed E-state index contributed by atoms with van der Waals surface area (Å²) in [6.07, 6.45) is -1.31. The molecule has 1 rings (SSSR count). The number of esters is 3. The Bertz CT molecular complexity index is 413. The van der Waals surface area contributed by atoms with Crippen LogP contribution in [0.5, 0.6) is 0 Å². The molecule has 0 aliphatic carbocycles. The van der Waals surface area contributed by atoms with E-state index in [9.17, 15) is 14.4 Å². The average molecular weight is 311 g/mol. The van der Waals surface area contributed by atoms with Crippen LogP contribution in [-0.2, 0) is 28.6 Å². The van der Waals surface area contributed by atoms with Gasteiger partial charge in [-0.3, -0.25) is 9.59 Å². The molecule has 8 heteroatoms. The highest BCUT2D eigenvalue weighted by molar-refractivity contribution is 6.48. The molecule has 106 valence electrons. The summed E-state index contributed by atoms with van der Waals surface area (Å²) in [5.74, 6) is -4.14. The van der Waals surface area contributed by atoms with Crippen LogP contribution in [0.15, 0.2) is 10.1 Å². The van der Waals surface area contributed by atoms with Crippen molar-refractivity contribution in [3.8, 4) is 0 Å². The Morgan fingerprint density at radius 2 is 1.68 bits per heavy atom. The third kappa shape index (κ3) is 3.39. The number of cyclic esters (lactones) is 1. The van der Waals surface area contributed by atoms with Crippen LogP contribution in [0.3, 0.4) is 0 Å². The SMILES string of the molecule is CCOC(=O)C(C(=O)OCC)C1OC(=O)C(Cl)=C1Cl. The van der Waals surface area contributed by atoms with Gasteiger partial charge < -0.3 is 14.2 Å². The Balaban J connectivity index is 3.01. The van der Waals surface area contributed by atoms with E-state index >= 15 is 0 Å². The van der Waals surface area contributed by atoms with Gasteiger partial charge in [0.2, 0.25) is 0 Å². The first-order valence-corrected chi connectivity index (χ1v) is 6.29. The smallest absolute Gasteiger partial charge is 0.351 e. The molecule has 0 N–H and O–H groups in total. The number of hydrogen-bond donors (Lipinski definition) is 0. The Hall–Kier alpha value is -1.27. The lowest BCUT2D eigenvalue weighted by Crippen LogP contribution is -2.38. The first-order chi connectivity index (χ1) is 8.93. The first kappa shape index (κ1) is 15.8. The Labute approximate surface area is 119 Å². The maximum absolute atomic E-state index is 11.8. The van der Waals surface area contributed by atoms with Gasteiger partial charge in [0, 0.05) is 0 Å². The van der Waals surface area contributed by atoms with E-state index in [1.54, 1.807) is 13.8 Å². The molecular weight excluding hydrogens is 299 g/mol. The van der Waals surface area contributed by atoms with Gasteiger partial charge in [-0.15, -0.1) is 0 Å². The fourth-order valence-electron chi connectivity index (χ4n) is 1.46. The summed E-state index contributed by atoms with van der Waals surface area (Å²) in [6, 6.07) is 0. The van der Waals surface area contributed by atoms with Crippen molar-refractivity contribution in [3.05, 3.63) is 10.1 Å². The van der Waals surface area contributed by atoms with Gasteiger partial charge in [-0.05, 0) is 13.8 Å². The van der Waals surface area contributed by atoms with Crippen LogP contribution in [0.2, 0.25) is 0 Å². The van der Waals surface area contributed by atoms with Crippen LogP contribution < -0.4 is 0 Å². The van der Waals surface area contributed by atoms with Crippen LogP contribution >= 0.6 is 23.2 Å². The summed E-state index contributed by atoms with van der Waals surface area (Å²) in [5, 5.41) is -0.567. The van der Waals surface area contributed by atoms with E-state index in [0.29, 0.717) is 0 Å². The normalized spacial score (nSPS) is 18.6. The summed E-state index contributed by atoms with van der Waals surface area (Å²) >= 11 is 11.4. The van der Waals surface area contributed by atoms with Gasteiger partial charge in [0.25, 0.3) is 0 Å². The molecule has 0 fully saturated rings. The van der Waals surface area contributed by atoms with Crippen LogP contribution in [0, 0.1) is 5.92 Å². The second kappa shape index (κ2) is 6.77. The second-order valence-corrected chi connectivity index (χ2v) is 4.25. The van der Waals surface area contributed by atoms with Gasteiger partial charge in [-0.25, -0.2) is 4.79 Å². The van der Waals surface area contributed by atoms with Gasteiger partial charge in [-0.2, -0.15) is 0 Å². The maximum atomic E-state index is 11.8. The van der Waals surface area contributed by atoms with Gasteiger partial charge in [0.15, 0.2) is 12.0 Å². The molecule has 0 aromatic rings. The van der Waals surface area contributed by atoms with E-state index in [1.807, 2.05) is 0 Å². The molecule has 0 aromatic heterocycles. The van der Waals surface area contributed by atoms with Crippen molar-refractivity contribution >= 4 is 41.1 Å². The zero-order valence-electron chi connectivity index (χ0n) is 10.3. The zero-order valence-corrected chi connectivity index (χ0v) is 11.8. The van der Waals surface area contributed by atoms with Crippen LogP contribution in [0.4, 0.5) is 0 Å². The molecule has 0 amide bonds. The van der Waals surface area contributed by atoms with E-state index < -0.39 is 29.9 Å². The summed E-state index contributed by atoms with van der Waals surface area (Å²) < 4.78 is 14.3. The molecular formula is C11H12Cl2O6. The Kier molecular flexibility index (Phi) is 5.62. The average Bonchev–Trinajstić information content (AvgIpc) is 2.58. The van der Waals surface area contributed by atoms with Gasteiger partial charge in [0.05, 0.1) is 18.2 Å². The van der Waals surface area contributed by atoms with Crippen molar-refractivity contribution in [2.24, 2.45) is 5.92 Å². The molecule has 0 saturated carbocycles. The monoisotopic (exact) mass is 310 g/mol. The van der Waals surface area contributed by atoms with Crippen molar-refractivity contribution in [1.82, 2.24) is 0 Å². The fourth-order valence-corrected chi connectivity index (χ4v) is 1.86. The highest BCUT2D eigenvalue weighted by Gasteiger charge is 2.47. The minimum atomic E-state index is -1.48. The van der Waals surface area contributed by atoms with Gasteiger partial charge in [-0.1, -0.05) is 23.2 Å². The summed E-state index contributed by atoms with van der Waals surface area (Å²) in [6.45, 7) is 3.27. The predicted octanol–water partition coefficient (Wildman–Crippen LogP) is 1.34. The van der Waals surface area contributed by atoms with E-state index in [0.717, 1.165) is 0 Å². The van der Waals surface area contributed by atoms with Crippen molar-refractivity contribution < 1.29 is 28.6 Å². The van der Waals surface area contributed by atoms with Crippen molar-refractivity contribution in [1.29, 1.82) is 0 Å². The first-order valence-electron chi connectivity index (χ1n) is 5.53. The van der Waals surface area contributed by atoms with E-state index in [-0.39, 0.29) is 23.3 Å². The molecule has 1 atom stereocenters. The molecule has 0 aromatic carbocycles. The second-order valence-electron chi connectivity index (χ2n) is 3.47. The highest BCUT2D eigenvalue weighted by atomic mass is 35.5. The number of rotatable bonds is 5. The van der Waals surface area contributed by atoms with Crippen LogP contribution in [-0.4, -0.2) is 37.2 Å². The standard InChI is InChI=1S/C11H12Cl2O6/c1-3-17-9(14)5(10(15)18-4-2)8-6(12)7(13)11(16)19-8/h5,8H,3-4H2,1-2H3. The summed E-state index contributed by atoms with van der Waals surface area (Å²) in [7, 11) is 0. The molecule has 0 radical (unpaired) electrons. The van der Waals surface area contributed by atoms with Gasteiger partial charge >= 0.3 is 17.9 Å². The molecule has 1 aliphatic heterocycles. The number of carbonyl (C=O) groups is 3. The molecule has 0 bridgehead atoms. The molecule has 0 spiro atoms. The van der Waals surface area contributed by atoms with Crippen LogP contribution in [0.1, 0.15) is 13.8 Å². The molecule has 19 heavy (non-hydrogen) atoms. The van der Waals surface area contributed by atoms with Gasteiger partial charge in [0.1, 0.15) is 5.03 Å². The van der Waals surface area contributed by atoms with Crippen molar-refractivity contribution in [3.63, 3.8) is 0 Å². The number of halogens is 2. The van der Waals surface area contributed by atoms with E-state index in [2.05, 4.69) is 0 Å². The lowest BCUT2D eigenvalue weighted by atomic mass is 10.0. The molecule has 0 saturated heterocycles. The maximum Gasteiger partial charge on any atom is 0.351 e. The lowest BCUT2D eigenvalue weighted by Gasteiger charge is -2.19. The number of hydrogen-bond acceptors (Lipinski definition) is 6. The predicted molar refractivity (Wildman–Crippen MR) is 65.4 cm³/mol. The largest absolute Gasteiger partial charge is 0.465 e. The highest BCUT2D eigenvalue weighted by Crippen LogP contribution is 2.34. The van der Waals surface area contributed by atoms with Crippen molar-refractivity contribution in [2.75, 3.05) is 13.2 Å². The molecule has 1 aliphatic rings. The third-order valence-corrected chi connectivity index (χ3v) is 3.12. The molecule has 1 unspecified atom stereocenters. The summed E-state index contributed by atoms with van der Waals surface area (Å²) in [4.78, 5) is 34.8. The minimum Gasteiger partial charge on any atom is -0.465 e. The minimum absolute atomic E-state index is 0.0600. The fraction of sp³-hybridized carbons (Fsp3) is 0.545. The van der Waals surface area contributed by atoms with Crippen LogP contribution in [0.25, 0.3) is 0 Å². The number of carbonyl (C=O) groups excluding carboxylic acids is 3. The Morgan fingerprint density at radius 3 is 2.00 bits per heavy atom. The lowest BCUT2D eigenvalue weighted by molar-refractivity contribution is -0.168. The summed E-state index contributed by atoms with van der Waals surface area (Å²) in [5.41, 5.74) is 0. The topological polar surface area (TPSA) is 78.9 Å². The quantitative estimate of drug-likeness (QED) is 0.433. The van der Waals surface area contributed by atoms with Crippen molar-refractivity contribution in [2.45, 2.75) is 20.0 Å². The third-order valence-electron chi connectivity index (χ3n) is 2.26. The molecule has 6 nitrogen and oxygen atoms in total. The molecule has 1 heterocycles. The number of ether oxygens (including phenoxy) is 3. The van der Waals surface area contributed by atoms with E-state index in [4.69, 9.17) is 37.4 Å².